The van der Waals surface area contributed by atoms with Crippen LogP contribution in [0.1, 0.15) is 20.3 Å². The van der Waals surface area contributed by atoms with Crippen LogP contribution in [0, 0.1) is 0 Å². The van der Waals surface area contributed by atoms with Gasteiger partial charge >= 0.3 is 0 Å². The Morgan fingerprint density at radius 3 is 2.87 bits per heavy atom. The van der Waals surface area contributed by atoms with E-state index >= 15 is 0 Å². The van der Waals surface area contributed by atoms with E-state index in [2.05, 4.69) is 31.2 Å². The van der Waals surface area contributed by atoms with Crippen molar-refractivity contribution >= 4 is 27.7 Å². The third kappa shape index (κ3) is 3.04. The number of hydrogen-bond acceptors (Lipinski definition) is 5. The Bertz CT molecular complexity index is 341. The van der Waals surface area contributed by atoms with Crippen LogP contribution in [0.2, 0.25) is 0 Å². The average molecular weight is 275 g/mol. The SMILES string of the molecule is CCC(C)(CO)Nc1nc(N)ncc1Br. The summed E-state index contributed by atoms with van der Waals surface area (Å²) in [7, 11) is 0. The lowest BCUT2D eigenvalue weighted by Gasteiger charge is -2.28. The Labute approximate surface area is 97.2 Å². The molecule has 0 bridgehead atoms. The van der Waals surface area contributed by atoms with Gasteiger partial charge in [0.25, 0.3) is 0 Å². The summed E-state index contributed by atoms with van der Waals surface area (Å²) in [5.41, 5.74) is 5.08. The van der Waals surface area contributed by atoms with Gasteiger partial charge in [-0.2, -0.15) is 4.98 Å². The molecule has 0 aromatic carbocycles. The van der Waals surface area contributed by atoms with Crippen LogP contribution in [0.5, 0.6) is 0 Å². The number of rotatable bonds is 4. The Morgan fingerprint density at radius 2 is 2.33 bits per heavy atom. The quantitative estimate of drug-likeness (QED) is 0.773. The van der Waals surface area contributed by atoms with Crippen molar-refractivity contribution in [2.24, 2.45) is 0 Å². The summed E-state index contributed by atoms with van der Waals surface area (Å²) in [5, 5.41) is 12.4. The largest absolute Gasteiger partial charge is 0.394 e. The van der Waals surface area contributed by atoms with Crippen LogP contribution in [-0.2, 0) is 0 Å². The van der Waals surface area contributed by atoms with Crippen LogP contribution < -0.4 is 11.1 Å². The van der Waals surface area contributed by atoms with E-state index in [-0.39, 0.29) is 12.6 Å². The van der Waals surface area contributed by atoms with Crippen LogP contribution in [0.25, 0.3) is 0 Å². The van der Waals surface area contributed by atoms with Crippen LogP contribution in [0.15, 0.2) is 10.7 Å². The molecule has 1 aromatic heterocycles. The molecule has 0 amide bonds. The lowest BCUT2D eigenvalue weighted by atomic mass is 10.0. The van der Waals surface area contributed by atoms with Gasteiger partial charge in [-0.25, -0.2) is 4.98 Å². The van der Waals surface area contributed by atoms with E-state index in [9.17, 15) is 5.11 Å². The monoisotopic (exact) mass is 274 g/mol. The number of aliphatic hydroxyl groups excluding tert-OH is 1. The first-order valence-electron chi connectivity index (χ1n) is 4.68. The van der Waals surface area contributed by atoms with Crippen LogP contribution in [-0.4, -0.2) is 27.2 Å². The Hall–Kier alpha value is -0.880. The van der Waals surface area contributed by atoms with E-state index in [0.29, 0.717) is 5.82 Å². The van der Waals surface area contributed by atoms with Crippen molar-refractivity contribution in [1.29, 1.82) is 0 Å². The lowest BCUT2D eigenvalue weighted by molar-refractivity contribution is 0.218. The first kappa shape index (κ1) is 12.2. The summed E-state index contributed by atoms with van der Waals surface area (Å²) < 4.78 is 0.727. The predicted octanol–water partition coefficient (Wildman–Crippen LogP) is 1.39. The molecule has 1 unspecified atom stereocenters. The number of nitrogen functional groups attached to an aromatic ring is 1. The average Bonchev–Trinajstić information content (AvgIpc) is 2.23. The van der Waals surface area contributed by atoms with Crippen molar-refractivity contribution in [2.75, 3.05) is 17.7 Å². The predicted molar refractivity (Wildman–Crippen MR) is 63.5 cm³/mol. The van der Waals surface area contributed by atoms with Gasteiger partial charge in [0.2, 0.25) is 5.95 Å². The summed E-state index contributed by atoms with van der Waals surface area (Å²) in [6, 6.07) is 0. The molecular weight excluding hydrogens is 260 g/mol. The minimum absolute atomic E-state index is 0.0276. The number of halogens is 1. The Kier molecular flexibility index (Phi) is 3.87. The van der Waals surface area contributed by atoms with Crippen molar-refractivity contribution in [2.45, 2.75) is 25.8 Å². The molecule has 1 aromatic rings. The zero-order valence-electron chi connectivity index (χ0n) is 8.79. The molecule has 1 atom stereocenters. The first-order valence-corrected chi connectivity index (χ1v) is 5.47. The first-order chi connectivity index (χ1) is 7.00. The fourth-order valence-electron chi connectivity index (χ4n) is 0.994. The third-order valence-electron chi connectivity index (χ3n) is 2.31. The molecule has 4 N–H and O–H groups in total. The molecule has 6 heteroatoms. The van der Waals surface area contributed by atoms with E-state index < -0.39 is 5.54 Å². The summed E-state index contributed by atoms with van der Waals surface area (Å²) in [6.07, 6.45) is 2.36. The second-order valence-electron chi connectivity index (χ2n) is 3.62. The topological polar surface area (TPSA) is 84.1 Å². The van der Waals surface area contributed by atoms with E-state index in [1.807, 2.05) is 13.8 Å². The van der Waals surface area contributed by atoms with E-state index in [4.69, 9.17) is 5.73 Å². The van der Waals surface area contributed by atoms with Crippen molar-refractivity contribution in [3.05, 3.63) is 10.7 Å². The summed E-state index contributed by atoms with van der Waals surface area (Å²) in [6.45, 7) is 3.93. The smallest absolute Gasteiger partial charge is 0.221 e. The van der Waals surface area contributed by atoms with E-state index in [0.717, 1.165) is 10.9 Å². The van der Waals surface area contributed by atoms with Gasteiger partial charge < -0.3 is 16.2 Å². The van der Waals surface area contributed by atoms with Gasteiger partial charge in [0, 0.05) is 6.20 Å². The second-order valence-corrected chi connectivity index (χ2v) is 4.48. The molecule has 0 fully saturated rings. The highest BCUT2D eigenvalue weighted by molar-refractivity contribution is 9.10. The minimum Gasteiger partial charge on any atom is -0.394 e. The normalized spacial score (nSPS) is 14.7. The maximum atomic E-state index is 9.25. The van der Waals surface area contributed by atoms with Gasteiger partial charge in [-0.3, -0.25) is 0 Å². The van der Waals surface area contributed by atoms with Gasteiger partial charge in [0.1, 0.15) is 5.82 Å². The van der Waals surface area contributed by atoms with Crippen molar-refractivity contribution in [3.8, 4) is 0 Å². The Balaban J connectivity index is 2.92. The standard InChI is InChI=1S/C9H15BrN4O/c1-3-9(2,5-15)14-7-6(10)4-12-8(11)13-7/h4,15H,3,5H2,1-2H3,(H3,11,12,13,14). The number of aromatic nitrogens is 2. The molecule has 0 aliphatic carbocycles. The highest BCUT2D eigenvalue weighted by Crippen LogP contribution is 2.24. The molecule has 1 heterocycles. The fourth-order valence-corrected chi connectivity index (χ4v) is 1.28. The molecule has 0 spiro atoms. The van der Waals surface area contributed by atoms with Gasteiger partial charge in [-0.05, 0) is 29.3 Å². The maximum Gasteiger partial charge on any atom is 0.221 e. The highest BCUT2D eigenvalue weighted by Gasteiger charge is 2.22. The molecule has 1 rings (SSSR count). The second kappa shape index (κ2) is 4.76. The molecule has 0 saturated heterocycles. The van der Waals surface area contributed by atoms with Gasteiger partial charge in [-0.1, -0.05) is 6.92 Å². The fraction of sp³-hybridized carbons (Fsp3) is 0.556. The molecule has 84 valence electrons. The number of anilines is 2. The molecule has 0 aliphatic rings. The van der Waals surface area contributed by atoms with E-state index in [1.165, 1.54) is 0 Å². The molecule has 0 saturated carbocycles. The minimum atomic E-state index is -0.399. The molecular formula is C9H15BrN4O. The third-order valence-corrected chi connectivity index (χ3v) is 2.89. The number of hydrogen-bond donors (Lipinski definition) is 3. The maximum absolute atomic E-state index is 9.25. The summed E-state index contributed by atoms with van der Waals surface area (Å²) >= 11 is 3.32. The highest BCUT2D eigenvalue weighted by atomic mass is 79.9. The zero-order chi connectivity index (χ0) is 11.5. The number of aliphatic hydroxyl groups is 1. The van der Waals surface area contributed by atoms with Gasteiger partial charge in [0.15, 0.2) is 0 Å². The number of nitrogens with zero attached hydrogens (tertiary/aromatic N) is 2. The van der Waals surface area contributed by atoms with E-state index in [1.54, 1.807) is 6.20 Å². The Morgan fingerprint density at radius 1 is 1.67 bits per heavy atom. The molecule has 15 heavy (non-hydrogen) atoms. The lowest BCUT2D eigenvalue weighted by Crippen LogP contribution is -2.38. The summed E-state index contributed by atoms with van der Waals surface area (Å²) in [4.78, 5) is 7.89. The van der Waals surface area contributed by atoms with Crippen molar-refractivity contribution in [1.82, 2.24) is 9.97 Å². The van der Waals surface area contributed by atoms with Crippen LogP contribution in [0.4, 0.5) is 11.8 Å². The molecule has 5 nitrogen and oxygen atoms in total. The molecule has 0 aliphatic heterocycles. The van der Waals surface area contributed by atoms with Crippen LogP contribution >= 0.6 is 15.9 Å². The van der Waals surface area contributed by atoms with Gasteiger partial charge in [-0.15, -0.1) is 0 Å². The van der Waals surface area contributed by atoms with Crippen molar-refractivity contribution in [3.63, 3.8) is 0 Å². The molecule has 0 radical (unpaired) electrons. The van der Waals surface area contributed by atoms with Crippen molar-refractivity contribution < 1.29 is 5.11 Å². The van der Waals surface area contributed by atoms with Gasteiger partial charge in [0.05, 0.1) is 16.6 Å². The zero-order valence-corrected chi connectivity index (χ0v) is 10.4. The number of nitrogens with one attached hydrogen (secondary N) is 1. The summed E-state index contributed by atoms with van der Waals surface area (Å²) in [5.74, 6) is 0.804. The van der Waals surface area contributed by atoms with Crippen LogP contribution in [0.3, 0.4) is 0 Å². The number of nitrogens with two attached hydrogens (primary N) is 1.